The summed E-state index contributed by atoms with van der Waals surface area (Å²) >= 11 is 8.39. The summed E-state index contributed by atoms with van der Waals surface area (Å²) < 4.78 is 31.1. The Morgan fingerprint density at radius 3 is 2.73 bits per heavy atom. The lowest BCUT2D eigenvalue weighted by Gasteiger charge is -2.31. The molecule has 0 bridgehead atoms. The van der Waals surface area contributed by atoms with E-state index in [0.29, 0.717) is 22.1 Å². The van der Waals surface area contributed by atoms with E-state index in [-0.39, 0.29) is 4.21 Å². The van der Waals surface area contributed by atoms with Gasteiger partial charge < -0.3 is 4.57 Å². The number of aryl methyl sites for hydroxylation is 2. The molecule has 1 atom stereocenters. The zero-order valence-electron chi connectivity index (χ0n) is 16.7. The zero-order valence-corrected chi connectivity index (χ0v) is 19.9. The molecule has 6 nitrogen and oxygen atoms in total. The van der Waals surface area contributed by atoms with Crippen LogP contribution in [-0.4, -0.2) is 35.8 Å². The second-order valence-electron chi connectivity index (χ2n) is 7.20. The number of fused-ring (bicyclic) bond motifs is 1. The molecule has 0 saturated carbocycles. The third-order valence-corrected chi connectivity index (χ3v) is 10.0. The van der Waals surface area contributed by atoms with Gasteiger partial charge in [-0.3, -0.25) is 4.79 Å². The third-order valence-electron chi connectivity index (χ3n) is 5.34. The van der Waals surface area contributed by atoms with E-state index in [1.54, 1.807) is 6.07 Å². The summed E-state index contributed by atoms with van der Waals surface area (Å²) in [6.07, 6.45) is 2.86. The van der Waals surface area contributed by atoms with Crippen LogP contribution in [0.5, 0.6) is 0 Å². The predicted octanol–water partition coefficient (Wildman–Crippen LogP) is 4.19. The number of benzene rings is 1. The van der Waals surface area contributed by atoms with Gasteiger partial charge in [0.15, 0.2) is 4.80 Å². The Morgan fingerprint density at radius 2 is 2.03 bits per heavy atom. The predicted molar refractivity (Wildman–Crippen MR) is 122 cm³/mol. The molecule has 1 unspecified atom stereocenters. The zero-order chi connectivity index (χ0) is 21.5. The molecule has 160 valence electrons. The molecule has 30 heavy (non-hydrogen) atoms. The maximum Gasteiger partial charge on any atom is 0.266 e. The largest absolute Gasteiger partial charge is 0.319 e. The molecule has 1 fully saturated rings. The summed E-state index contributed by atoms with van der Waals surface area (Å²) in [6, 6.07) is 8.36. The lowest BCUT2D eigenvalue weighted by atomic mass is 10.0. The van der Waals surface area contributed by atoms with Gasteiger partial charge in [-0.15, -0.1) is 11.3 Å². The Labute approximate surface area is 188 Å². The van der Waals surface area contributed by atoms with Crippen molar-refractivity contribution in [3.05, 3.63) is 45.0 Å². The van der Waals surface area contributed by atoms with Gasteiger partial charge in [0, 0.05) is 13.6 Å². The number of amides is 1. The maximum absolute atomic E-state index is 13.1. The highest BCUT2D eigenvalue weighted by molar-refractivity contribution is 7.91. The molecule has 1 aliphatic heterocycles. The lowest BCUT2D eigenvalue weighted by molar-refractivity contribution is -0.122. The van der Waals surface area contributed by atoms with Crippen LogP contribution < -0.4 is 4.80 Å². The molecule has 2 aromatic heterocycles. The SMILES string of the molecule is CCc1cccc2sc(=NC(=O)C3CCCCN3S(=O)(=O)c3ccc(Cl)s3)n(C)c12. The van der Waals surface area contributed by atoms with Crippen molar-refractivity contribution in [2.45, 2.75) is 42.9 Å². The van der Waals surface area contributed by atoms with E-state index < -0.39 is 22.0 Å². The summed E-state index contributed by atoms with van der Waals surface area (Å²) in [7, 11) is -1.89. The number of hydrogen-bond acceptors (Lipinski definition) is 5. The van der Waals surface area contributed by atoms with Gasteiger partial charge in [0.1, 0.15) is 10.3 Å². The first kappa shape index (κ1) is 21.7. The van der Waals surface area contributed by atoms with Crippen LogP contribution in [0.25, 0.3) is 10.2 Å². The van der Waals surface area contributed by atoms with E-state index in [4.69, 9.17) is 11.6 Å². The van der Waals surface area contributed by atoms with Crippen LogP contribution in [0, 0.1) is 0 Å². The number of aromatic nitrogens is 1. The van der Waals surface area contributed by atoms with Crippen molar-refractivity contribution in [3.63, 3.8) is 0 Å². The van der Waals surface area contributed by atoms with E-state index >= 15 is 0 Å². The van der Waals surface area contributed by atoms with Crippen LogP contribution in [0.1, 0.15) is 31.7 Å². The summed E-state index contributed by atoms with van der Waals surface area (Å²) in [5, 5.41) is 0. The van der Waals surface area contributed by atoms with Crippen molar-refractivity contribution in [1.29, 1.82) is 0 Å². The molecule has 1 aromatic carbocycles. The average Bonchev–Trinajstić information content (AvgIpc) is 3.32. The van der Waals surface area contributed by atoms with Gasteiger partial charge in [0.25, 0.3) is 15.9 Å². The summed E-state index contributed by atoms with van der Waals surface area (Å²) in [4.78, 5) is 18.1. The van der Waals surface area contributed by atoms with Gasteiger partial charge in [-0.25, -0.2) is 8.42 Å². The van der Waals surface area contributed by atoms with E-state index in [1.807, 2.05) is 23.7 Å². The van der Waals surface area contributed by atoms with Crippen molar-refractivity contribution in [1.82, 2.24) is 8.87 Å². The highest BCUT2D eigenvalue weighted by Crippen LogP contribution is 2.32. The molecule has 1 amide bonds. The highest BCUT2D eigenvalue weighted by Gasteiger charge is 2.38. The highest BCUT2D eigenvalue weighted by atomic mass is 35.5. The first-order valence-corrected chi connectivity index (χ1v) is 13.2. The Balaban J connectivity index is 1.73. The van der Waals surface area contributed by atoms with Gasteiger partial charge in [0.2, 0.25) is 0 Å². The fourth-order valence-corrected chi connectivity index (χ4v) is 8.17. The van der Waals surface area contributed by atoms with Crippen molar-refractivity contribution < 1.29 is 13.2 Å². The van der Waals surface area contributed by atoms with Crippen LogP contribution >= 0.6 is 34.3 Å². The van der Waals surface area contributed by atoms with Crippen molar-refractivity contribution in [2.24, 2.45) is 12.0 Å². The number of carbonyl (C=O) groups is 1. The number of piperidine rings is 1. The molecule has 1 aliphatic rings. The lowest BCUT2D eigenvalue weighted by Crippen LogP contribution is -2.47. The Hall–Kier alpha value is -1.52. The van der Waals surface area contributed by atoms with E-state index in [9.17, 15) is 13.2 Å². The second kappa shape index (κ2) is 8.55. The normalized spacial score (nSPS) is 18.9. The number of rotatable bonds is 4. The molecule has 3 heterocycles. The van der Waals surface area contributed by atoms with Gasteiger partial charge in [0.05, 0.1) is 14.6 Å². The molecule has 1 saturated heterocycles. The fourth-order valence-electron chi connectivity index (χ4n) is 3.84. The number of carbonyl (C=O) groups excluding carboxylic acids is 1. The number of sulfonamides is 1. The minimum atomic E-state index is -3.79. The monoisotopic (exact) mass is 483 g/mol. The molecule has 0 spiro atoms. The van der Waals surface area contributed by atoms with Gasteiger partial charge in [-0.2, -0.15) is 9.30 Å². The number of para-hydroxylation sites is 1. The first-order chi connectivity index (χ1) is 14.3. The topological polar surface area (TPSA) is 71.7 Å². The molecule has 4 rings (SSSR count). The number of hydrogen-bond donors (Lipinski definition) is 0. The van der Waals surface area contributed by atoms with Crippen LogP contribution in [0.2, 0.25) is 4.34 Å². The van der Waals surface area contributed by atoms with E-state index in [0.717, 1.165) is 40.8 Å². The minimum absolute atomic E-state index is 0.159. The molecule has 0 N–H and O–H groups in total. The quantitative estimate of drug-likeness (QED) is 0.558. The molecular weight excluding hydrogens is 462 g/mol. The minimum Gasteiger partial charge on any atom is -0.319 e. The summed E-state index contributed by atoms with van der Waals surface area (Å²) in [6.45, 7) is 2.40. The first-order valence-electron chi connectivity index (χ1n) is 9.76. The molecule has 0 radical (unpaired) electrons. The van der Waals surface area contributed by atoms with Gasteiger partial charge in [-0.05, 0) is 43.0 Å². The summed E-state index contributed by atoms with van der Waals surface area (Å²) in [5.41, 5.74) is 2.26. The summed E-state index contributed by atoms with van der Waals surface area (Å²) in [5.74, 6) is -0.416. The van der Waals surface area contributed by atoms with E-state index in [2.05, 4.69) is 18.0 Å². The number of thiazole rings is 1. The average molecular weight is 484 g/mol. The Bertz CT molecular complexity index is 1270. The van der Waals surface area contributed by atoms with Crippen molar-refractivity contribution in [2.75, 3.05) is 6.54 Å². The maximum atomic E-state index is 13.1. The molecular formula is C20H22ClN3O3S3. The van der Waals surface area contributed by atoms with Crippen LogP contribution in [-0.2, 0) is 28.3 Å². The van der Waals surface area contributed by atoms with E-state index in [1.165, 1.54) is 27.3 Å². The van der Waals surface area contributed by atoms with Gasteiger partial charge >= 0.3 is 0 Å². The Morgan fingerprint density at radius 1 is 1.23 bits per heavy atom. The number of nitrogens with zero attached hydrogens (tertiary/aromatic N) is 3. The van der Waals surface area contributed by atoms with Crippen LogP contribution in [0.15, 0.2) is 39.5 Å². The van der Waals surface area contributed by atoms with Crippen LogP contribution in [0.4, 0.5) is 0 Å². The van der Waals surface area contributed by atoms with Crippen molar-refractivity contribution in [3.8, 4) is 0 Å². The smallest absolute Gasteiger partial charge is 0.266 e. The molecule has 10 heteroatoms. The molecule has 0 aliphatic carbocycles. The second-order valence-corrected chi connectivity index (χ2v) is 12.0. The van der Waals surface area contributed by atoms with Gasteiger partial charge in [-0.1, -0.05) is 48.4 Å². The number of halogens is 1. The standard InChI is InChI=1S/C20H22ClN3O3S3/c1-3-13-7-6-9-15-18(13)23(2)20(28-15)22-19(25)14-8-4-5-12-24(14)30(26,27)17-11-10-16(21)29-17/h6-7,9-11,14H,3-5,8,12H2,1-2H3. The fraction of sp³-hybridized carbons (Fsp3) is 0.400. The Kier molecular flexibility index (Phi) is 6.18. The number of thiophene rings is 1. The van der Waals surface area contributed by atoms with Crippen LogP contribution in [0.3, 0.4) is 0 Å². The molecule has 3 aromatic rings. The third kappa shape index (κ3) is 3.89. The van der Waals surface area contributed by atoms with Crippen molar-refractivity contribution >= 4 is 60.4 Å².